The van der Waals surface area contributed by atoms with Crippen molar-refractivity contribution in [2.45, 2.75) is 58.5 Å². The first-order valence-electron chi connectivity index (χ1n) is 6.91. The number of esters is 1. The van der Waals surface area contributed by atoms with Gasteiger partial charge in [-0.15, -0.1) is 0 Å². The van der Waals surface area contributed by atoms with Crippen molar-refractivity contribution in [1.82, 2.24) is 0 Å². The van der Waals surface area contributed by atoms with Gasteiger partial charge in [0.2, 0.25) is 0 Å². The lowest BCUT2D eigenvalue weighted by Gasteiger charge is -2.37. The van der Waals surface area contributed by atoms with Gasteiger partial charge >= 0.3 is 5.97 Å². The Bertz CT molecular complexity index is 446. The summed E-state index contributed by atoms with van der Waals surface area (Å²) in [5, 5.41) is 26.5. The molecule has 0 heterocycles. The minimum atomic E-state index is -0.522. The average molecular weight is 287 g/mol. The lowest BCUT2D eigenvalue weighted by atomic mass is 9.71. The fourth-order valence-electron chi connectivity index (χ4n) is 2.29. The lowest BCUT2D eigenvalue weighted by molar-refractivity contribution is -0.151. The summed E-state index contributed by atoms with van der Waals surface area (Å²) in [6.07, 6.45) is 1.91. The molecule has 0 N–H and O–H groups in total. The van der Waals surface area contributed by atoms with E-state index in [1.165, 1.54) is 0 Å². The zero-order valence-electron chi connectivity index (χ0n) is 12.7. The minimum absolute atomic E-state index is 0.297. The fourth-order valence-corrected chi connectivity index (χ4v) is 2.29. The summed E-state index contributed by atoms with van der Waals surface area (Å²) in [5.74, 6) is -0.488. The van der Waals surface area contributed by atoms with Crippen molar-refractivity contribution in [3.63, 3.8) is 0 Å². The molecule has 112 valence electrons. The molecule has 0 aromatic rings. The molecule has 0 saturated carbocycles. The number of rotatable bonds is 9. The first-order valence-corrected chi connectivity index (χ1v) is 6.91. The van der Waals surface area contributed by atoms with Crippen LogP contribution in [0.4, 0.5) is 0 Å². The SMILES string of the molecule is C=C(C)C(=O)OC(C)C(CCC#N)(CCC#N)CCC#N. The van der Waals surface area contributed by atoms with E-state index in [1.54, 1.807) is 13.8 Å². The van der Waals surface area contributed by atoms with Gasteiger partial charge in [0.1, 0.15) is 6.10 Å². The summed E-state index contributed by atoms with van der Waals surface area (Å²) in [5.41, 5.74) is -0.219. The van der Waals surface area contributed by atoms with Crippen molar-refractivity contribution < 1.29 is 9.53 Å². The lowest BCUT2D eigenvalue weighted by Crippen LogP contribution is -2.37. The van der Waals surface area contributed by atoms with Crippen LogP contribution in [0.3, 0.4) is 0 Å². The number of carbonyl (C=O) groups is 1. The number of nitrogens with zero attached hydrogens (tertiary/aromatic N) is 3. The third-order valence-electron chi connectivity index (χ3n) is 3.70. The molecule has 5 nitrogen and oxygen atoms in total. The zero-order valence-corrected chi connectivity index (χ0v) is 12.7. The van der Waals surface area contributed by atoms with E-state index in [-0.39, 0.29) is 0 Å². The highest BCUT2D eigenvalue weighted by atomic mass is 16.5. The predicted molar refractivity (Wildman–Crippen MR) is 77.3 cm³/mol. The van der Waals surface area contributed by atoms with Gasteiger partial charge in [-0.1, -0.05) is 6.58 Å². The maximum absolute atomic E-state index is 11.7. The number of hydrogen-bond donors (Lipinski definition) is 0. The van der Waals surface area contributed by atoms with Crippen LogP contribution in [0, 0.1) is 39.4 Å². The Morgan fingerprint density at radius 3 is 1.76 bits per heavy atom. The number of nitriles is 3. The van der Waals surface area contributed by atoms with Gasteiger partial charge in [0, 0.05) is 30.3 Å². The number of ether oxygens (including phenoxy) is 1. The van der Waals surface area contributed by atoms with Crippen LogP contribution in [-0.4, -0.2) is 12.1 Å². The van der Waals surface area contributed by atoms with Crippen molar-refractivity contribution in [2.24, 2.45) is 5.41 Å². The second-order valence-electron chi connectivity index (χ2n) is 5.16. The van der Waals surface area contributed by atoms with E-state index in [0.717, 1.165) is 0 Å². The van der Waals surface area contributed by atoms with Crippen LogP contribution in [-0.2, 0) is 9.53 Å². The Kier molecular flexibility index (Phi) is 8.51. The molecule has 0 aliphatic rings. The van der Waals surface area contributed by atoms with Gasteiger partial charge in [-0.25, -0.2) is 4.79 Å². The van der Waals surface area contributed by atoms with E-state index in [9.17, 15) is 4.79 Å². The highest BCUT2D eigenvalue weighted by Gasteiger charge is 2.37. The molecular weight excluding hydrogens is 266 g/mol. The molecule has 1 unspecified atom stereocenters. The molecule has 0 fully saturated rings. The van der Waals surface area contributed by atoms with Crippen LogP contribution in [0.2, 0.25) is 0 Å². The number of hydrogen-bond acceptors (Lipinski definition) is 5. The summed E-state index contributed by atoms with van der Waals surface area (Å²) in [7, 11) is 0. The van der Waals surface area contributed by atoms with Crippen molar-refractivity contribution in [2.75, 3.05) is 0 Å². The van der Waals surface area contributed by atoms with E-state index >= 15 is 0 Å². The third kappa shape index (κ3) is 6.11. The summed E-state index contributed by atoms with van der Waals surface area (Å²) in [6.45, 7) is 6.87. The molecule has 0 bridgehead atoms. The van der Waals surface area contributed by atoms with E-state index in [0.29, 0.717) is 44.1 Å². The molecule has 0 rings (SSSR count). The summed E-state index contributed by atoms with van der Waals surface area (Å²) in [4.78, 5) is 11.7. The van der Waals surface area contributed by atoms with E-state index in [4.69, 9.17) is 20.5 Å². The normalized spacial score (nSPS) is 11.6. The molecule has 0 radical (unpaired) electrons. The minimum Gasteiger partial charge on any atom is -0.459 e. The van der Waals surface area contributed by atoms with Crippen molar-refractivity contribution in [3.05, 3.63) is 12.2 Å². The molecule has 0 saturated heterocycles. The molecular formula is C16H21N3O2. The van der Waals surface area contributed by atoms with Crippen molar-refractivity contribution >= 4 is 5.97 Å². The highest BCUT2D eigenvalue weighted by Crippen LogP contribution is 2.40. The quantitative estimate of drug-likeness (QED) is 0.478. The van der Waals surface area contributed by atoms with Gasteiger partial charge < -0.3 is 4.74 Å². The Labute approximate surface area is 126 Å². The molecule has 0 aliphatic heterocycles. The molecule has 5 heteroatoms. The maximum Gasteiger partial charge on any atom is 0.333 e. The molecule has 0 aromatic heterocycles. The molecule has 0 aliphatic carbocycles. The Morgan fingerprint density at radius 1 is 1.10 bits per heavy atom. The van der Waals surface area contributed by atoms with Crippen LogP contribution >= 0.6 is 0 Å². The topological polar surface area (TPSA) is 97.7 Å². The molecule has 0 aromatic carbocycles. The molecule has 1 atom stereocenters. The van der Waals surface area contributed by atoms with Gasteiger partial charge in [-0.3, -0.25) is 0 Å². The second-order valence-corrected chi connectivity index (χ2v) is 5.16. The standard InChI is InChI=1S/C16H21N3O2/c1-13(2)15(20)21-14(3)16(7-4-10-17,8-5-11-18)9-6-12-19/h14H,1,4-9H2,2-3H3. The van der Waals surface area contributed by atoms with Gasteiger partial charge in [0.05, 0.1) is 18.2 Å². The van der Waals surface area contributed by atoms with Crippen LogP contribution in [0.25, 0.3) is 0 Å². The Balaban J connectivity index is 5.24. The molecule has 0 amide bonds. The second kappa shape index (κ2) is 9.56. The third-order valence-corrected chi connectivity index (χ3v) is 3.70. The van der Waals surface area contributed by atoms with E-state index in [1.807, 2.05) is 0 Å². The van der Waals surface area contributed by atoms with Crippen molar-refractivity contribution in [1.29, 1.82) is 15.8 Å². The van der Waals surface area contributed by atoms with Gasteiger partial charge in [-0.05, 0) is 33.1 Å². The summed E-state index contributed by atoms with van der Waals surface area (Å²) >= 11 is 0. The van der Waals surface area contributed by atoms with Crippen molar-refractivity contribution in [3.8, 4) is 18.2 Å². The van der Waals surface area contributed by atoms with Crippen LogP contribution in [0.1, 0.15) is 52.4 Å². The van der Waals surface area contributed by atoms with Gasteiger partial charge in [0.15, 0.2) is 0 Å². The van der Waals surface area contributed by atoms with Crippen LogP contribution < -0.4 is 0 Å². The predicted octanol–water partition coefficient (Wildman–Crippen LogP) is 3.39. The van der Waals surface area contributed by atoms with Crippen LogP contribution in [0.5, 0.6) is 0 Å². The zero-order chi connectivity index (χ0) is 16.3. The fraction of sp³-hybridized carbons (Fsp3) is 0.625. The van der Waals surface area contributed by atoms with Crippen LogP contribution in [0.15, 0.2) is 12.2 Å². The maximum atomic E-state index is 11.7. The summed E-state index contributed by atoms with van der Waals surface area (Å²) in [6, 6.07) is 6.25. The highest BCUT2D eigenvalue weighted by molar-refractivity contribution is 5.87. The summed E-state index contributed by atoms with van der Waals surface area (Å²) < 4.78 is 5.40. The smallest absolute Gasteiger partial charge is 0.333 e. The van der Waals surface area contributed by atoms with E-state index in [2.05, 4.69) is 24.8 Å². The monoisotopic (exact) mass is 287 g/mol. The first-order chi connectivity index (χ1) is 9.93. The van der Waals surface area contributed by atoms with Gasteiger partial charge in [-0.2, -0.15) is 15.8 Å². The molecule has 21 heavy (non-hydrogen) atoms. The first kappa shape index (κ1) is 18.7. The van der Waals surface area contributed by atoms with E-state index < -0.39 is 17.5 Å². The Hall–Kier alpha value is -2.32. The largest absolute Gasteiger partial charge is 0.459 e. The van der Waals surface area contributed by atoms with Gasteiger partial charge in [0.25, 0.3) is 0 Å². The average Bonchev–Trinajstić information content (AvgIpc) is 2.46. The Morgan fingerprint density at radius 2 is 1.48 bits per heavy atom. The molecule has 0 spiro atoms. The number of carbonyl (C=O) groups excluding carboxylic acids is 1.